The van der Waals surface area contributed by atoms with E-state index in [1.165, 1.54) is 106 Å². The zero-order chi connectivity index (χ0) is 34.9. The van der Waals surface area contributed by atoms with Crippen LogP contribution in [-0.4, -0.2) is 0 Å². The van der Waals surface area contributed by atoms with E-state index in [1.54, 1.807) is 0 Å². The average Bonchev–Trinajstić information content (AvgIpc) is 3.55. The van der Waals surface area contributed by atoms with Crippen LogP contribution in [0.3, 0.4) is 0 Å². The highest BCUT2D eigenvalue weighted by Crippen LogP contribution is 2.61. The van der Waals surface area contributed by atoms with Gasteiger partial charge in [-0.2, -0.15) is 0 Å². The lowest BCUT2D eigenvalue weighted by Gasteiger charge is -2.25. The second-order valence-corrected chi connectivity index (χ2v) is 19.5. The maximum atomic E-state index is 2.46. The molecule has 0 nitrogen and oxygen atoms in total. The molecule has 4 aliphatic rings. The standard InChI is InChI=1S/C48H34S4/c1-47(2)33-12-6-5-10-31(33)42-34(47)22-25-41-46(42)52-44-30(11-9-15-39(44)50-41)28-18-16-27(17-19-28)29-20-21-32-36(26-29)48(3,4)35-23-24-40-45(43(32)35)51-38-14-8-7-13-37(38)49-40/h5-26H,1-4H3. The van der Waals surface area contributed by atoms with Crippen molar-refractivity contribution < 1.29 is 0 Å². The predicted molar refractivity (Wildman–Crippen MR) is 222 cm³/mol. The summed E-state index contributed by atoms with van der Waals surface area (Å²) < 4.78 is 0. The number of benzene rings is 7. The van der Waals surface area contributed by atoms with Crippen molar-refractivity contribution in [3.8, 4) is 44.5 Å². The van der Waals surface area contributed by atoms with Crippen LogP contribution in [0.5, 0.6) is 0 Å². The van der Waals surface area contributed by atoms with E-state index in [0.717, 1.165) is 0 Å². The molecule has 2 aliphatic carbocycles. The van der Waals surface area contributed by atoms with Gasteiger partial charge in [0, 0.05) is 61.1 Å². The van der Waals surface area contributed by atoms with Crippen LogP contribution in [0.15, 0.2) is 173 Å². The Morgan fingerprint density at radius 2 is 0.846 bits per heavy atom. The highest BCUT2D eigenvalue weighted by molar-refractivity contribution is 8.05. The summed E-state index contributed by atoms with van der Waals surface area (Å²) in [6, 6.07) is 50.6. The van der Waals surface area contributed by atoms with Crippen molar-refractivity contribution >= 4 is 47.0 Å². The van der Waals surface area contributed by atoms with Crippen LogP contribution in [0.4, 0.5) is 0 Å². The Kier molecular flexibility index (Phi) is 6.79. The van der Waals surface area contributed by atoms with Gasteiger partial charge in [-0.15, -0.1) is 0 Å². The Labute approximate surface area is 322 Å². The number of fused-ring (bicyclic) bond motifs is 12. The van der Waals surface area contributed by atoms with Crippen molar-refractivity contribution in [1.29, 1.82) is 0 Å². The first kappa shape index (κ1) is 31.5. The molecule has 250 valence electrons. The van der Waals surface area contributed by atoms with Gasteiger partial charge in [-0.25, -0.2) is 0 Å². The summed E-state index contributed by atoms with van der Waals surface area (Å²) in [4.78, 5) is 11.0. The molecule has 0 atom stereocenters. The summed E-state index contributed by atoms with van der Waals surface area (Å²) in [6.07, 6.45) is 0. The van der Waals surface area contributed by atoms with E-state index in [1.807, 2.05) is 47.0 Å². The van der Waals surface area contributed by atoms with Crippen LogP contribution in [-0.2, 0) is 10.8 Å². The van der Waals surface area contributed by atoms with Crippen LogP contribution in [0, 0.1) is 0 Å². The first-order valence-electron chi connectivity index (χ1n) is 17.9. The van der Waals surface area contributed by atoms with Crippen LogP contribution in [0.2, 0.25) is 0 Å². The molecule has 0 radical (unpaired) electrons. The van der Waals surface area contributed by atoms with Crippen molar-refractivity contribution in [2.45, 2.75) is 77.7 Å². The van der Waals surface area contributed by atoms with Gasteiger partial charge in [0.1, 0.15) is 0 Å². The largest absolute Gasteiger partial charge is 0.0877 e. The second-order valence-electron chi connectivity index (χ2n) is 15.3. The van der Waals surface area contributed by atoms with E-state index in [-0.39, 0.29) is 10.8 Å². The van der Waals surface area contributed by atoms with Gasteiger partial charge in [0.05, 0.1) is 0 Å². The molecule has 0 aromatic heterocycles. The number of hydrogen-bond donors (Lipinski definition) is 0. The van der Waals surface area contributed by atoms with E-state index in [4.69, 9.17) is 0 Å². The highest BCUT2D eigenvalue weighted by atomic mass is 32.2. The summed E-state index contributed by atoms with van der Waals surface area (Å²) in [6.45, 7) is 9.54. The van der Waals surface area contributed by atoms with Gasteiger partial charge >= 0.3 is 0 Å². The molecule has 7 aromatic rings. The molecular formula is C48H34S4. The van der Waals surface area contributed by atoms with Crippen molar-refractivity contribution in [2.24, 2.45) is 0 Å². The zero-order valence-corrected chi connectivity index (χ0v) is 32.6. The third-order valence-corrected chi connectivity index (χ3v) is 16.9. The predicted octanol–water partition coefficient (Wildman–Crippen LogP) is 14.9. The molecule has 52 heavy (non-hydrogen) atoms. The zero-order valence-electron chi connectivity index (χ0n) is 29.3. The van der Waals surface area contributed by atoms with Crippen LogP contribution in [0.25, 0.3) is 44.5 Å². The lowest BCUT2D eigenvalue weighted by molar-refractivity contribution is 0.658. The SMILES string of the molecule is CC1(C)c2cc(-c3ccc(-c4cccc5c4Sc4c(ccc6c4-c4ccccc4C6(C)C)S5)cc3)ccc2-c2c1ccc1c2Sc2ccccc2S1. The normalized spacial score (nSPS) is 16.1. The molecule has 0 fully saturated rings. The van der Waals surface area contributed by atoms with E-state index < -0.39 is 0 Å². The van der Waals surface area contributed by atoms with E-state index >= 15 is 0 Å². The van der Waals surface area contributed by atoms with Gasteiger partial charge < -0.3 is 0 Å². The first-order chi connectivity index (χ1) is 25.3. The maximum absolute atomic E-state index is 2.46. The van der Waals surface area contributed by atoms with Gasteiger partial charge in [-0.3, -0.25) is 0 Å². The van der Waals surface area contributed by atoms with Gasteiger partial charge in [0.25, 0.3) is 0 Å². The molecule has 2 aliphatic heterocycles. The Morgan fingerprint density at radius 3 is 1.60 bits per heavy atom. The summed E-state index contributed by atoms with van der Waals surface area (Å²) in [5.74, 6) is 0. The van der Waals surface area contributed by atoms with Crippen molar-refractivity contribution in [3.05, 3.63) is 156 Å². The lowest BCUT2D eigenvalue weighted by atomic mass is 9.81. The molecule has 0 amide bonds. The van der Waals surface area contributed by atoms with E-state index in [0.29, 0.717) is 0 Å². The molecule has 0 saturated heterocycles. The highest BCUT2D eigenvalue weighted by Gasteiger charge is 2.40. The second kappa shape index (κ2) is 11.2. The minimum Gasteiger partial charge on any atom is -0.0877 e. The fraction of sp³-hybridized carbons (Fsp3) is 0.125. The van der Waals surface area contributed by atoms with Gasteiger partial charge in [0.2, 0.25) is 0 Å². The van der Waals surface area contributed by atoms with Crippen molar-refractivity contribution in [1.82, 2.24) is 0 Å². The lowest BCUT2D eigenvalue weighted by Crippen LogP contribution is -2.15. The molecule has 11 rings (SSSR count). The Hall–Kier alpha value is -4.06. The molecule has 0 saturated carbocycles. The summed E-state index contributed by atoms with van der Waals surface area (Å²) in [5, 5.41) is 0. The smallest absolute Gasteiger partial charge is 0.0344 e. The van der Waals surface area contributed by atoms with Crippen LogP contribution in [0.1, 0.15) is 49.9 Å². The monoisotopic (exact) mass is 738 g/mol. The average molecular weight is 739 g/mol. The first-order valence-corrected chi connectivity index (χ1v) is 21.2. The fourth-order valence-electron chi connectivity index (χ4n) is 8.90. The molecule has 0 bridgehead atoms. The van der Waals surface area contributed by atoms with Crippen molar-refractivity contribution in [3.63, 3.8) is 0 Å². The van der Waals surface area contributed by atoms with Gasteiger partial charge in [0.15, 0.2) is 0 Å². The third kappa shape index (κ3) is 4.42. The molecular weight excluding hydrogens is 705 g/mol. The van der Waals surface area contributed by atoms with E-state index in [2.05, 4.69) is 161 Å². The summed E-state index contributed by atoms with van der Waals surface area (Å²) in [5.41, 5.74) is 16.4. The fourth-order valence-corrected chi connectivity index (χ4v) is 13.9. The quantitative estimate of drug-likeness (QED) is 0.173. The Bertz CT molecular complexity index is 2680. The van der Waals surface area contributed by atoms with Crippen molar-refractivity contribution in [2.75, 3.05) is 0 Å². The number of rotatable bonds is 2. The molecule has 0 N–H and O–H groups in total. The molecule has 4 heteroatoms. The minimum atomic E-state index is -0.0674. The third-order valence-electron chi connectivity index (χ3n) is 11.6. The van der Waals surface area contributed by atoms with Gasteiger partial charge in [-0.05, 0) is 92.0 Å². The molecule has 0 unspecified atom stereocenters. The van der Waals surface area contributed by atoms with Crippen LogP contribution < -0.4 is 0 Å². The topological polar surface area (TPSA) is 0 Å². The molecule has 0 spiro atoms. The van der Waals surface area contributed by atoms with Gasteiger partial charge in [-0.1, -0.05) is 172 Å². The van der Waals surface area contributed by atoms with Crippen LogP contribution >= 0.6 is 47.0 Å². The summed E-state index contributed by atoms with van der Waals surface area (Å²) >= 11 is 7.73. The molecule has 2 heterocycles. The number of hydrogen-bond acceptors (Lipinski definition) is 4. The Morgan fingerprint density at radius 1 is 0.327 bits per heavy atom. The maximum Gasteiger partial charge on any atom is 0.0344 e. The Balaban J connectivity index is 0.944. The molecule has 7 aromatic carbocycles. The minimum absolute atomic E-state index is 0.00102. The van der Waals surface area contributed by atoms with E-state index in [9.17, 15) is 0 Å². The summed E-state index contributed by atoms with van der Waals surface area (Å²) in [7, 11) is 0.